The third-order valence-corrected chi connectivity index (χ3v) is 9.74. The summed E-state index contributed by atoms with van der Waals surface area (Å²) in [5.74, 6) is 1.10. The van der Waals surface area contributed by atoms with Gasteiger partial charge in [-0.1, -0.05) is 54.1 Å². The Bertz CT molecular complexity index is 1430. The molecule has 0 aromatic heterocycles. The Balaban J connectivity index is 1.37. The molecular weight excluding hydrogens is 566 g/mol. The number of hydrogen-bond acceptors (Lipinski definition) is 6. The summed E-state index contributed by atoms with van der Waals surface area (Å²) in [6.07, 6.45) is 1.49. The Kier molecular flexibility index (Phi) is 9.18. The molecule has 2 aliphatic heterocycles. The van der Waals surface area contributed by atoms with Crippen molar-refractivity contribution in [2.45, 2.75) is 37.1 Å². The summed E-state index contributed by atoms with van der Waals surface area (Å²) >= 11 is 6.24. The molecule has 2 heterocycles. The normalized spacial score (nSPS) is 23.0. The highest BCUT2D eigenvalue weighted by Crippen LogP contribution is 2.47. The van der Waals surface area contributed by atoms with Gasteiger partial charge in [0.25, 0.3) is 5.91 Å². The van der Waals surface area contributed by atoms with Crippen LogP contribution in [0.1, 0.15) is 47.2 Å². The molecule has 8 nitrogen and oxygen atoms in total. The van der Waals surface area contributed by atoms with Crippen LogP contribution >= 0.6 is 11.6 Å². The number of primary amides is 1. The van der Waals surface area contributed by atoms with Crippen LogP contribution in [0.3, 0.4) is 0 Å². The van der Waals surface area contributed by atoms with Crippen LogP contribution in [0.5, 0.6) is 17.2 Å². The van der Waals surface area contributed by atoms with Crippen molar-refractivity contribution in [2.75, 3.05) is 47.5 Å². The standard InChI is InChI=1S/C34H40ClN3O5/c1-22(24-14-16-38(20-24)32(39)25-18-29(41-2)31(43-4)30(19-25)42-3)37-17-15-34(33(36)40,26-8-6-5-7-9-26)28(21-37)23-10-12-27(35)13-11-23/h5-13,18-19,22,24,28H,14-17,20-21H2,1-4H3,(H2,36,40). The Morgan fingerprint density at radius 2 is 1.58 bits per heavy atom. The number of halogens is 1. The van der Waals surface area contributed by atoms with E-state index in [0.29, 0.717) is 53.9 Å². The number of amides is 2. The molecule has 228 valence electrons. The van der Waals surface area contributed by atoms with Crippen molar-refractivity contribution < 1.29 is 23.8 Å². The molecule has 3 aromatic rings. The van der Waals surface area contributed by atoms with Crippen LogP contribution in [0.15, 0.2) is 66.7 Å². The molecular formula is C34H40ClN3O5. The fourth-order valence-corrected chi connectivity index (χ4v) is 7.13. The van der Waals surface area contributed by atoms with E-state index < -0.39 is 5.41 Å². The second-order valence-corrected chi connectivity index (χ2v) is 11.9. The van der Waals surface area contributed by atoms with Gasteiger partial charge in [-0.15, -0.1) is 0 Å². The lowest BCUT2D eigenvalue weighted by atomic mass is 9.62. The van der Waals surface area contributed by atoms with Crippen LogP contribution in [0.4, 0.5) is 0 Å². The van der Waals surface area contributed by atoms with Gasteiger partial charge < -0.3 is 24.8 Å². The molecule has 3 aromatic carbocycles. The Hall–Kier alpha value is -3.75. The van der Waals surface area contributed by atoms with Crippen molar-refractivity contribution in [3.63, 3.8) is 0 Å². The van der Waals surface area contributed by atoms with E-state index in [1.165, 1.54) is 0 Å². The molecule has 9 heteroatoms. The lowest BCUT2D eigenvalue weighted by Crippen LogP contribution is -2.57. The Morgan fingerprint density at radius 1 is 0.930 bits per heavy atom. The first kappa shape index (κ1) is 30.7. The first-order valence-corrected chi connectivity index (χ1v) is 15.1. The van der Waals surface area contributed by atoms with Crippen molar-refractivity contribution in [2.24, 2.45) is 11.7 Å². The SMILES string of the molecule is COc1cc(C(=O)N2CCC(C(C)N3CCC(C(N)=O)(c4ccccc4)C(c4ccc(Cl)cc4)C3)C2)cc(OC)c1OC. The van der Waals surface area contributed by atoms with E-state index in [0.717, 1.165) is 24.1 Å². The van der Waals surface area contributed by atoms with Crippen LogP contribution in [-0.4, -0.2) is 75.2 Å². The summed E-state index contributed by atoms with van der Waals surface area (Å²) in [5.41, 5.74) is 7.89. The highest BCUT2D eigenvalue weighted by atomic mass is 35.5. The molecule has 2 N–H and O–H groups in total. The zero-order chi connectivity index (χ0) is 30.7. The van der Waals surface area contributed by atoms with Crippen molar-refractivity contribution in [1.29, 1.82) is 0 Å². The molecule has 0 bridgehead atoms. The Morgan fingerprint density at radius 3 is 2.16 bits per heavy atom. The van der Waals surface area contributed by atoms with Gasteiger partial charge in [-0.3, -0.25) is 14.5 Å². The lowest BCUT2D eigenvalue weighted by Gasteiger charge is -2.49. The molecule has 2 fully saturated rings. The van der Waals surface area contributed by atoms with Gasteiger partial charge in [0, 0.05) is 42.2 Å². The van der Waals surface area contributed by atoms with Crippen LogP contribution in [0.2, 0.25) is 5.02 Å². The van der Waals surface area contributed by atoms with Crippen molar-refractivity contribution >= 4 is 23.4 Å². The zero-order valence-corrected chi connectivity index (χ0v) is 26.0. The van der Waals surface area contributed by atoms with Crippen LogP contribution in [0.25, 0.3) is 0 Å². The maximum atomic E-state index is 13.6. The predicted molar refractivity (Wildman–Crippen MR) is 167 cm³/mol. The number of rotatable bonds is 9. The molecule has 2 amide bonds. The number of hydrogen-bond donors (Lipinski definition) is 1. The van der Waals surface area contributed by atoms with E-state index in [2.05, 4.69) is 11.8 Å². The fraction of sp³-hybridized carbons (Fsp3) is 0.412. The molecule has 4 atom stereocenters. The van der Waals surface area contributed by atoms with Gasteiger partial charge in [0.05, 0.1) is 26.7 Å². The summed E-state index contributed by atoms with van der Waals surface area (Å²) in [5, 5.41) is 0.650. The van der Waals surface area contributed by atoms with E-state index >= 15 is 0 Å². The van der Waals surface area contributed by atoms with Gasteiger partial charge in [0.1, 0.15) is 0 Å². The van der Waals surface area contributed by atoms with Gasteiger partial charge in [-0.05, 0) is 67.6 Å². The highest BCUT2D eigenvalue weighted by molar-refractivity contribution is 6.30. The second kappa shape index (κ2) is 12.9. The third kappa shape index (κ3) is 5.78. The van der Waals surface area contributed by atoms with Crippen LogP contribution in [0, 0.1) is 5.92 Å². The fourth-order valence-electron chi connectivity index (χ4n) is 7.00. The Labute approximate surface area is 258 Å². The minimum absolute atomic E-state index is 0.0662. The number of methoxy groups -OCH3 is 3. The van der Waals surface area contributed by atoms with Crippen molar-refractivity contribution in [3.05, 3.63) is 88.4 Å². The maximum Gasteiger partial charge on any atom is 0.254 e. The van der Waals surface area contributed by atoms with E-state index in [-0.39, 0.29) is 29.7 Å². The number of piperidine rings is 1. The highest BCUT2D eigenvalue weighted by Gasteiger charge is 2.50. The van der Waals surface area contributed by atoms with Crippen molar-refractivity contribution in [1.82, 2.24) is 9.80 Å². The van der Waals surface area contributed by atoms with E-state index in [4.69, 9.17) is 31.5 Å². The van der Waals surface area contributed by atoms with E-state index in [9.17, 15) is 9.59 Å². The zero-order valence-electron chi connectivity index (χ0n) is 25.2. The minimum Gasteiger partial charge on any atom is -0.493 e. The number of likely N-dealkylation sites (tertiary alicyclic amines) is 2. The van der Waals surface area contributed by atoms with Gasteiger partial charge in [-0.25, -0.2) is 0 Å². The molecule has 4 unspecified atom stereocenters. The van der Waals surface area contributed by atoms with Crippen LogP contribution < -0.4 is 19.9 Å². The number of carbonyl (C=O) groups excluding carboxylic acids is 2. The predicted octanol–water partition coefficient (Wildman–Crippen LogP) is 5.13. The number of nitrogens with zero attached hydrogens (tertiary/aromatic N) is 2. The second-order valence-electron chi connectivity index (χ2n) is 11.5. The summed E-state index contributed by atoms with van der Waals surface area (Å²) in [6.45, 7) is 4.92. The topological polar surface area (TPSA) is 94.3 Å². The number of nitrogens with two attached hydrogens (primary N) is 1. The molecule has 0 saturated carbocycles. The smallest absolute Gasteiger partial charge is 0.254 e. The average molecular weight is 606 g/mol. The molecule has 43 heavy (non-hydrogen) atoms. The molecule has 0 spiro atoms. The summed E-state index contributed by atoms with van der Waals surface area (Å²) < 4.78 is 16.4. The van der Waals surface area contributed by atoms with Crippen molar-refractivity contribution in [3.8, 4) is 17.2 Å². The first-order valence-electron chi connectivity index (χ1n) is 14.7. The largest absolute Gasteiger partial charge is 0.493 e. The summed E-state index contributed by atoms with van der Waals surface area (Å²) in [4.78, 5) is 31.3. The van der Waals surface area contributed by atoms with Gasteiger partial charge in [0.15, 0.2) is 11.5 Å². The summed E-state index contributed by atoms with van der Waals surface area (Å²) in [6, 6.07) is 21.3. The van der Waals surface area contributed by atoms with Gasteiger partial charge in [-0.2, -0.15) is 0 Å². The van der Waals surface area contributed by atoms with Gasteiger partial charge >= 0.3 is 0 Å². The van der Waals surface area contributed by atoms with Crippen LogP contribution in [-0.2, 0) is 10.2 Å². The molecule has 5 rings (SSSR count). The summed E-state index contributed by atoms with van der Waals surface area (Å²) in [7, 11) is 4.62. The molecule has 2 saturated heterocycles. The minimum atomic E-state index is -0.838. The quantitative estimate of drug-likeness (QED) is 0.363. The lowest BCUT2D eigenvalue weighted by molar-refractivity contribution is -0.126. The first-order chi connectivity index (χ1) is 20.7. The average Bonchev–Trinajstić information content (AvgIpc) is 3.54. The number of benzene rings is 3. The molecule has 2 aliphatic rings. The maximum absolute atomic E-state index is 13.6. The number of carbonyl (C=O) groups is 2. The molecule has 0 radical (unpaired) electrons. The molecule has 0 aliphatic carbocycles. The van der Waals surface area contributed by atoms with E-state index in [1.54, 1.807) is 33.5 Å². The van der Waals surface area contributed by atoms with E-state index in [1.807, 2.05) is 59.5 Å². The number of ether oxygens (including phenoxy) is 3. The third-order valence-electron chi connectivity index (χ3n) is 9.49. The van der Waals surface area contributed by atoms with Gasteiger partial charge in [0.2, 0.25) is 11.7 Å². The monoisotopic (exact) mass is 605 g/mol.